The van der Waals surface area contributed by atoms with Gasteiger partial charge >= 0.3 is 0 Å². The van der Waals surface area contributed by atoms with Crippen LogP contribution in [0.15, 0.2) is 0 Å². The van der Waals surface area contributed by atoms with Crippen LogP contribution in [0.4, 0.5) is 4.39 Å². The average Bonchev–Trinajstić information content (AvgIpc) is 2.32. The highest BCUT2D eigenvalue weighted by atomic mass is 19.1. The highest BCUT2D eigenvalue weighted by Gasteiger charge is 2.14. The minimum absolute atomic E-state index is 0.184. The standard InChI is InChI=1S/C11H22FN/c1-10-4-2-5-11(7-6-10)13-9-3-8-12/h10-11,13H,2-9H2,1H3. The first-order valence-corrected chi connectivity index (χ1v) is 5.62. The molecular formula is C11H22FN. The van der Waals surface area contributed by atoms with E-state index in [1.165, 1.54) is 32.1 Å². The van der Waals surface area contributed by atoms with Gasteiger partial charge in [-0.25, -0.2) is 0 Å². The molecule has 0 heterocycles. The Morgan fingerprint density at radius 3 is 2.85 bits per heavy atom. The summed E-state index contributed by atoms with van der Waals surface area (Å²) in [6, 6.07) is 0.663. The van der Waals surface area contributed by atoms with E-state index in [-0.39, 0.29) is 6.67 Å². The van der Waals surface area contributed by atoms with Gasteiger partial charge in [0.2, 0.25) is 0 Å². The average molecular weight is 187 g/mol. The van der Waals surface area contributed by atoms with Crippen molar-refractivity contribution in [1.29, 1.82) is 0 Å². The van der Waals surface area contributed by atoms with E-state index in [1.807, 2.05) is 0 Å². The third-order valence-electron chi connectivity index (χ3n) is 3.00. The lowest BCUT2D eigenvalue weighted by atomic mass is 10.0. The first-order chi connectivity index (χ1) is 6.33. The Balaban J connectivity index is 2.11. The van der Waals surface area contributed by atoms with Crippen LogP contribution in [-0.4, -0.2) is 19.3 Å². The summed E-state index contributed by atoms with van der Waals surface area (Å²) in [6.45, 7) is 3.01. The van der Waals surface area contributed by atoms with Gasteiger partial charge in [-0.15, -0.1) is 0 Å². The molecule has 0 bridgehead atoms. The van der Waals surface area contributed by atoms with Gasteiger partial charge in [0.05, 0.1) is 6.67 Å². The van der Waals surface area contributed by atoms with E-state index >= 15 is 0 Å². The SMILES string of the molecule is CC1CCCC(NCCCF)CC1. The Bertz CT molecular complexity index is 127. The fourth-order valence-electron chi connectivity index (χ4n) is 2.06. The molecule has 0 aromatic carbocycles. The molecule has 1 aliphatic rings. The largest absolute Gasteiger partial charge is 0.314 e. The maximum Gasteiger partial charge on any atom is 0.0906 e. The van der Waals surface area contributed by atoms with Crippen molar-refractivity contribution in [3.63, 3.8) is 0 Å². The van der Waals surface area contributed by atoms with E-state index in [0.29, 0.717) is 12.5 Å². The summed E-state index contributed by atoms with van der Waals surface area (Å²) in [4.78, 5) is 0. The Hall–Kier alpha value is -0.110. The maximum absolute atomic E-state index is 11.8. The van der Waals surface area contributed by atoms with Gasteiger partial charge in [-0.1, -0.05) is 19.8 Å². The van der Waals surface area contributed by atoms with Crippen LogP contribution in [0.3, 0.4) is 0 Å². The van der Waals surface area contributed by atoms with E-state index in [9.17, 15) is 4.39 Å². The van der Waals surface area contributed by atoms with Gasteiger partial charge in [0.15, 0.2) is 0 Å². The molecule has 0 aromatic rings. The van der Waals surface area contributed by atoms with Gasteiger partial charge in [0, 0.05) is 6.04 Å². The third kappa shape index (κ3) is 4.61. The zero-order chi connectivity index (χ0) is 9.52. The molecular weight excluding hydrogens is 165 g/mol. The topological polar surface area (TPSA) is 12.0 Å². The van der Waals surface area contributed by atoms with Crippen molar-refractivity contribution in [1.82, 2.24) is 5.32 Å². The van der Waals surface area contributed by atoms with Crippen molar-refractivity contribution >= 4 is 0 Å². The molecule has 13 heavy (non-hydrogen) atoms. The van der Waals surface area contributed by atoms with Crippen LogP contribution < -0.4 is 5.32 Å². The molecule has 0 aliphatic heterocycles. The predicted octanol–water partition coefficient (Wildman–Crippen LogP) is 2.90. The summed E-state index contributed by atoms with van der Waals surface area (Å²) in [7, 11) is 0. The number of nitrogens with one attached hydrogen (secondary N) is 1. The minimum Gasteiger partial charge on any atom is -0.314 e. The summed E-state index contributed by atoms with van der Waals surface area (Å²) < 4.78 is 11.8. The molecule has 2 unspecified atom stereocenters. The molecule has 0 spiro atoms. The molecule has 1 rings (SSSR count). The van der Waals surface area contributed by atoms with Crippen molar-refractivity contribution in [3.8, 4) is 0 Å². The van der Waals surface area contributed by atoms with Crippen LogP contribution in [-0.2, 0) is 0 Å². The molecule has 1 fully saturated rings. The normalized spacial score (nSPS) is 30.0. The summed E-state index contributed by atoms with van der Waals surface area (Å²) in [5.74, 6) is 0.896. The molecule has 0 amide bonds. The zero-order valence-corrected chi connectivity index (χ0v) is 8.69. The number of alkyl halides is 1. The van der Waals surface area contributed by atoms with Crippen molar-refractivity contribution in [2.24, 2.45) is 5.92 Å². The second-order valence-electron chi connectivity index (χ2n) is 4.31. The summed E-state index contributed by atoms with van der Waals surface area (Å²) >= 11 is 0. The minimum atomic E-state index is -0.184. The van der Waals surface area contributed by atoms with E-state index in [0.717, 1.165) is 12.5 Å². The monoisotopic (exact) mass is 187 g/mol. The van der Waals surface area contributed by atoms with E-state index in [4.69, 9.17) is 0 Å². The molecule has 0 radical (unpaired) electrons. The fourth-order valence-corrected chi connectivity index (χ4v) is 2.06. The lowest BCUT2D eigenvalue weighted by Crippen LogP contribution is -2.29. The van der Waals surface area contributed by atoms with E-state index < -0.39 is 0 Å². The highest BCUT2D eigenvalue weighted by Crippen LogP contribution is 2.22. The lowest BCUT2D eigenvalue weighted by molar-refractivity contribution is 0.411. The van der Waals surface area contributed by atoms with Gasteiger partial charge in [0.1, 0.15) is 0 Å². The highest BCUT2D eigenvalue weighted by molar-refractivity contribution is 4.72. The molecule has 1 saturated carbocycles. The Morgan fingerprint density at radius 1 is 1.23 bits per heavy atom. The van der Waals surface area contributed by atoms with Gasteiger partial charge in [-0.2, -0.15) is 0 Å². The molecule has 1 N–H and O–H groups in total. The van der Waals surface area contributed by atoms with Gasteiger partial charge in [-0.05, 0) is 38.1 Å². The van der Waals surface area contributed by atoms with Crippen molar-refractivity contribution < 1.29 is 4.39 Å². The second-order valence-corrected chi connectivity index (χ2v) is 4.31. The second kappa shape index (κ2) is 6.36. The lowest BCUT2D eigenvalue weighted by Gasteiger charge is -2.15. The molecule has 2 heteroatoms. The molecule has 1 aliphatic carbocycles. The number of halogens is 1. The zero-order valence-electron chi connectivity index (χ0n) is 8.69. The fraction of sp³-hybridized carbons (Fsp3) is 1.00. The van der Waals surface area contributed by atoms with Gasteiger partial charge in [-0.3, -0.25) is 4.39 Å². The van der Waals surface area contributed by atoms with E-state index in [2.05, 4.69) is 12.2 Å². The van der Waals surface area contributed by atoms with Gasteiger partial charge < -0.3 is 5.32 Å². The van der Waals surface area contributed by atoms with Crippen molar-refractivity contribution in [3.05, 3.63) is 0 Å². The smallest absolute Gasteiger partial charge is 0.0906 e. The van der Waals surface area contributed by atoms with Crippen LogP contribution in [0.1, 0.15) is 45.4 Å². The van der Waals surface area contributed by atoms with Crippen molar-refractivity contribution in [2.45, 2.75) is 51.5 Å². The van der Waals surface area contributed by atoms with Crippen LogP contribution >= 0.6 is 0 Å². The molecule has 2 atom stereocenters. The summed E-state index contributed by atoms with van der Waals surface area (Å²) in [6.07, 6.45) is 7.30. The number of hydrogen-bond donors (Lipinski definition) is 1. The molecule has 1 nitrogen and oxygen atoms in total. The number of hydrogen-bond acceptors (Lipinski definition) is 1. The summed E-state index contributed by atoms with van der Waals surface area (Å²) in [5.41, 5.74) is 0. The Morgan fingerprint density at radius 2 is 2.08 bits per heavy atom. The molecule has 0 aromatic heterocycles. The van der Waals surface area contributed by atoms with Crippen LogP contribution in [0.5, 0.6) is 0 Å². The maximum atomic E-state index is 11.8. The van der Waals surface area contributed by atoms with Crippen LogP contribution in [0.2, 0.25) is 0 Å². The van der Waals surface area contributed by atoms with Gasteiger partial charge in [0.25, 0.3) is 0 Å². The first-order valence-electron chi connectivity index (χ1n) is 5.62. The quantitative estimate of drug-likeness (QED) is 0.527. The van der Waals surface area contributed by atoms with Crippen LogP contribution in [0.25, 0.3) is 0 Å². The summed E-state index contributed by atoms with van der Waals surface area (Å²) in [5, 5.41) is 3.44. The number of rotatable bonds is 4. The Labute approximate surface area is 81.1 Å². The predicted molar refractivity (Wildman–Crippen MR) is 54.6 cm³/mol. The van der Waals surface area contributed by atoms with Crippen LogP contribution in [0, 0.1) is 5.92 Å². The first kappa shape index (κ1) is 11.0. The van der Waals surface area contributed by atoms with E-state index in [1.54, 1.807) is 0 Å². The Kier molecular flexibility index (Phi) is 5.37. The molecule has 0 saturated heterocycles. The van der Waals surface area contributed by atoms with Crippen molar-refractivity contribution in [2.75, 3.05) is 13.2 Å². The molecule has 78 valence electrons. The third-order valence-corrected chi connectivity index (χ3v) is 3.00.